The number of nitrogens with zero attached hydrogens (tertiary/aromatic N) is 3. The minimum atomic E-state index is -0.565. The smallest absolute Gasteiger partial charge is 0.353 e. The summed E-state index contributed by atoms with van der Waals surface area (Å²) < 4.78 is 17.8. The third-order valence-electron chi connectivity index (χ3n) is 2.93. The summed E-state index contributed by atoms with van der Waals surface area (Å²) in [7, 11) is 1.58. The van der Waals surface area contributed by atoms with Crippen LogP contribution in [-0.4, -0.2) is 35.2 Å². The van der Waals surface area contributed by atoms with E-state index in [0.29, 0.717) is 25.3 Å². The van der Waals surface area contributed by atoms with Gasteiger partial charge in [0.05, 0.1) is 4.92 Å². The van der Waals surface area contributed by atoms with Gasteiger partial charge in [-0.25, -0.2) is 14.4 Å². The first-order valence-corrected chi connectivity index (χ1v) is 6.86. The lowest BCUT2D eigenvalue weighted by atomic mass is 10.3. The Morgan fingerprint density at radius 2 is 1.96 bits per heavy atom. The molecule has 1 aromatic carbocycles. The second-order valence-electron chi connectivity index (χ2n) is 4.58. The van der Waals surface area contributed by atoms with Crippen molar-refractivity contribution < 1.29 is 14.1 Å². The molecule has 122 valence electrons. The number of aromatic nitrogens is 2. The molecule has 0 fully saturated rings. The average molecular weight is 321 g/mol. The molecule has 1 heterocycles. The fourth-order valence-corrected chi connectivity index (χ4v) is 1.87. The number of hydrogen-bond acceptors (Lipinski definition) is 7. The molecule has 0 unspecified atom stereocenters. The summed E-state index contributed by atoms with van der Waals surface area (Å²) in [5.41, 5.74) is 0.216. The van der Waals surface area contributed by atoms with Crippen LogP contribution >= 0.6 is 0 Å². The molecule has 0 saturated carbocycles. The van der Waals surface area contributed by atoms with E-state index in [1.54, 1.807) is 7.11 Å². The summed E-state index contributed by atoms with van der Waals surface area (Å²) in [6.07, 6.45) is 1.90. The number of benzene rings is 1. The number of nitrogens with one attached hydrogen (secondary N) is 2. The Hall–Kier alpha value is -2.81. The normalized spacial score (nSPS) is 10.3. The lowest BCUT2D eigenvalue weighted by Gasteiger charge is -2.10. The highest BCUT2D eigenvalue weighted by Crippen LogP contribution is 2.31. The molecule has 23 heavy (non-hydrogen) atoms. The largest absolute Gasteiger partial charge is 0.385 e. The standard InChI is InChI=1S/C14H16FN5O3/c1-23-8-2-7-16-13-12(20(21)22)14(18-9-17-13)19-11-5-3-10(15)4-6-11/h3-6,9H,2,7-8H2,1H3,(H2,16,17,18,19). The molecular formula is C14H16FN5O3. The van der Waals surface area contributed by atoms with Crippen molar-refractivity contribution in [2.45, 2.75) is 6.42 Å². The minimum Gasteiger partial charge on any atom is -0.385 e. The van der Waals surface area contributed by atoms with Crippen LogP contribution in [0.5, 0.6) is 0 Å². The van der Waals surface area contributed by atoms with E-state index in [9.17, 15) is 14.5 Å². The SMILES string of the molecule is COCCCNc1ncnc(Nc2ccc(F)cc2)c1[N+](=O)[O-]. The minimum absolute atomic E-state index is 0.0332. The average Bonchev–Trinajstić information content (AvgIpc) is 2.53. The summed E-state index contributed by atoms with van der Waals surface area (Å²) in [5.74, 6) is -0.246. The summed E-state index contributed by atoms with van der Waals surface area (Å²) in [4.78, 5) is 18.6. The monoisotopic (exact) mass is 321 g/mol. The van der Waals surface area contributed by atoms with E-state index in [-0.39, 0.29) is 17.3 Å². The van der Waals surface area contributed by atoms with Crippen LogP contribution < -0.4 is 10.6 Å². The van der Waals surface area contributed by atoms with Gasteiger partial charge >= 0.3 is 5.69 Å². The second-order valence-corrected chi connectivity index (χ2v) is 4.58. The zero-order valence-corrected chi connectivity index (χ0v) is 12.5. The van der Waals surface area contributed by atoms with Crippen LogP contribution in [0.4, 0.5) is 27.4 Å². The molecule has 9 heteroatoms. The topological polar surface area (TPSA) is 102 Å². The lowest BCUT2D eigenvalue weighted by Crippen LogP contribution is -2.10. The predicted octanol–water partition coefficient (Wildman–Crippen LogP) is 2.72. The molecule has 0 aliphatic heterocycles. The molecule has 0 spiro atoms. The number of rotatable bonds is 8. The molecule has 0 atom stereocenters. The highest BCUT2D eigenvalue weighted by molar-refractivity contribution is 5.73. The van der Waals surface area contributed by atoms with Crippen LogP contribution in [0.15, 0.2) is 30.6 Å². The van der Waals surface area contributed by atoms with Gasteiger partial charge in [0, 0.05) is 25.9 Å². The molecule has 0 aliphatic rings. The Kier molecular flexibility index (Phi) is 5.75. The molecule has 2 aromatic rings. The van der Waals surface area contributed by atoms with Crippen LogP contribution in [-0.2, 0) is 4.74 Å². The van der Waals surface area contributed by atoms with E-state index >= 15 is 0 Å². The van der Waals surface area contributed by atoms with Gasteiger partial charge in [-0.05, 0) is 30.7 Å². The van der Waals surface area contributed by atoms with Gasteiger partial charge in [0.1, 0.15) is 12.1 Å². The maximum atomic E-state index is 12.9. The Morgan fingerprint density at radius 3 is 2.61 bits per heavy atom. The fourth-order valence-electron chi connectivity index (χ4n) is 1.87. The molecule has 0 bridgehead atoms. The van der Waals surface area contributed by atoms with E-state index in [1.807, 2.05) is 0 Å². The van der Waals surface area contributed by atoms with E-state index in [2.05, 4.69) is 20.6 Å². The van der Waals surface area contributed by atoms with E-state index in [4.69, 9.17) is 4.74 Å². The third-order valence-corrected chi connectivity index (χ3v) is 2.93. The quantitative estimate of drug-likeness (QED) is 0.438. The van der Waals surface area contributed by atoms with Gasteiger partial charge in [0.2, 0.25) is 11.6 Å². The molecule has 2 N–H and O–H groups in total. The van der Waals surface area contributed by atoms with E-state index in [1.165, 1.54) is 30.6 Å². The number of ether oxygens (including phenoxy) is 1. The van der Waals surface area contributed by atoms with Gasteiger partial charge in [-0.15, -0.1) is 0 Å². The van der Waals surface area contributed by atoms with Gasteiger partial charge in [-0.1, -0.05) is 0 Å². The third kappa shape index (κ3) is 4.58. The molecule has 0 saturated heterocycles. The van der Waals surface area contributed by atoms with Crippen molar-refractivity contribution in [2.24, 2.45) is 0 Å². The zero-order valence-electron chi connectivity index (χ0n) is 12.5. The Morgan fingerprint density at radius 1 is 1.26 bits per heavy atom. The molecule has 1 aromatic heterocycles. The van der Waals surface area contributed by atoms with Gasteiger partial charge < -0.3 is 15.4 Å². The summed E-state index contributed by atoms with van der Waals surface area (Å²) in [6.45, 7) is 1.01. The lowest BCUT2D eigenvalue weighted by molar-refractivity contribution is -0.383. The molecule has 0 amide bonds. The molecule has 0 aliphatic carbocycles. The first kappa shape index (κ1) is 16.6. The van der Waals surface area contributed by atoms with Crippen molar-refractivity contribution in [1.29, 1.82) is 0 Å². The van der Waals surface area contributed by atoms with Gasteiger partial charge in [0.25, 0.3) is 0 Å². The highest BCUT2D eigenvalue weighted by atomic mass is 19.1. The summed E-state index contributed by atoms with van der Waals surface area (Å²) in [5, 5.41) is 17.0. The van der Waals surface area contributed by atoms with Crippen molar-refractivity contribution in [3.63, 3.8) is 0 Å². The van der Waals surface area contributed by atoms with E-state index < -0.39 is 10.7 Å². The Bertz CT molecular complexity index is 666. The fraction of sp³-hybridized carbons (Fsp3) is 0.286. The van der Waals surface area contributed by atoms with Crippen LogP contribution in [0, 0.1) is 15.9 Å². The number of anilines is 3. The Labute approximate surface area is 131 Å². The first-order valence-electron chi connectivity index (χ1n) is 6.86. The van der Waals surface area contributed by atoms with Crippen molar-refractivity contribution in [1.82, 2.24) is 9.97 Å². The molecule has 0 radical (unpaired) electrons. The first-order chi connectivity index (χ1) is 11.1. The molecular weight excluding hydrogens is 305 g/mol. The Balaban J connectivity index is 2.21. The summed E-state index contributed by atoms with van der Waals surface area (Å²) in [6, 6.07) is 5.43. The van der Waals surface area contributed by atoms with Crippen molar-refractivity contribution >= 4 is 23.0 Å². The molecule has 2 rings (SSSR count). The summed E-state index contributed by atoms with van der Waals surface area (Å²) >= 11 is 0. The van der Waals surface area contributed by atoms with Gasteiger partial charge in [-0.3, -0.25) is 10.1 Å². The van der Waals surface area contributed by atoms with E-state index in [0.717, 1.165) is 0 Å². The van der Waals surface area contributed by atoms with Crippen LogP contribution in [0.1, 0.15) is 6.42 Å². The van der Waals surface area contributed by atoms with Gasteiger partial charge in [-0.2, -0.15) is 0 Å². The van der Waals surface area contributed by atoms with Crippen LogP contribution in [0.2, 0.25) is 0 Å². The zero-order chi connectivity index (χ0) is 16.7. The molecule has 8 nitrogen and oxygen atoms in total. The van der Waals surface area contributed by atoms with Gasteiger partial charge in [0.15, 0.2) is 0 Å². The van der Waals surface area contributed by atoms with Crippen molar-refractivity contribution in [3.8, 4) is 0 Å². The van der Waals surface area contributed by atoms with Crippen molar-refractivity contribution in [3.05, 3.63) is 46.5 Å². The van der Waals surface area contributed by atoms with Crippen LogP contribution in [0.25, 0.3) is 0 Å². The maximum Gasteiger partial charge on any atom is 0.353 e. The predicted molar refractivity (Wildman–Crippen MR) is 83.4 cm³/mol. The highest BCUT2D eigenvalue weighted by Gasteiger charge is 2.22. The van der Waals surface area contributed by atoms with Crippen molar-refractivity contribution in [2.75, 3.05) is 30.9 Å². The number of nitro groups is 1. The second kappa shape index (κ2) is 7.99. The number of methoxy groups -OCH3 is 1. The maximum absolute atomic E-state index is 12.9. The van der Waals surface area contributed by atoms with Crippen LogP contribution in [0.3, 0.4) is 0 Å². The number of halogens is 1. The number of hydrogen-bond donors (Lipinski definition) is 2.